The Bertz CT molecular complexity index is 546. The van der Waals surface area contributed by atoms with Crippen LogP contribution in [0.2, 0.25) is 0 Å². The summed E-state index contributed by atoms with van der Waals surface area (Å²) in [5.41, 5.74) is 1.90. The highest BCUT2D eigenvalue weighted by molar-refractivity contribution is 7.89. The van der Waals surface area contributed by atoms with Crippen LogP contribution < -0.4 is 5.32 Å². The second-order valence-corrected chi connectivity index (χ2v) is 6.89. The van der Waals surface area contributed by atoms with Gasteiger partial charge in [0.05, 0.1) is 4.90 Å². The number of aryl methyl sites for hydroxylation is 2. The van der Waals surface area contributed by atoms with Crippen LogP contribution in [0.3, 0.4) is 0 Å². The van der Waals surface area contributed by atoms with Crippen molar-refractivity contribution in [3.8, 4) is 0 Å². The first-order valence-electron chi connectivity index (χ1n) is 6.22. The average Bonchev–Trinajstić information content (AvgIpc) is 2.28. The first kappa shape index (κ1) is 16.4. The molecule has 1 N–H and O–H groups in total. The van der Waals surface area contributed by atoms with E-state index in [4.69, 9.17) is 0 Å². The molecule has 0 bridgehead atoms. The summed E-state index contributed by atoms with van der Waals surface area (Å²) in [5.74, 6) is 0. The van der Waals surface area contributed by atoms with Crippen LogP contribution in [-0.2, 0) is 10.0 Å². The lowest BCUT2D eigenvalue weighted by Crippen LogP contribution is -2.51. The van der Waals surface area contributed by atoms with Crippen molar-refractivity contribution in [2.45, 2.75) is 31.7 Å². The molecule has 1 aliphatic rings. The highest BCUT2D eigenvalue weighted by Crippen LogP contribution is 2.21. The molecule has 0 spiro atoms. The number of hydrogen-bond acceptors (Lipinski definition) is 3. The Morgan fingerprint density at radius 1 is 1.32 bits per heavy atom. The van der Waals surface area contributed by atoms with Gasteiger partial charge in [0.25, 0.3) is 0 Å². The number of hydrogen-bond donors (Lipinski definition) is 1. The minimum absolute atomic E-state index is 0. The van der Waals surface area contributed by atoms with E-state index in [1.54, 1.807) is 10.4 Å². The third-order valence-electron chi connectivity index (χ3n) is 3.28. The van der Waals surface area contributed by atoms with Gasteiger partial charge in [-0.3, -0.25) is 0 Å². The zero-order chi connectivity index (χ0) is 13.3. The predicted octanol–water partition coefficient (Wildman–Crippen LogP) is 1.71. The number of piperazine rings is 1. The van der Waals surface area contributed by atoms with Gasteiger partial charge in [-0.25, -0.2) is 8.42 Å². The minimum Gasteiger partial charge on any atom is -0.312 e. The predicted molar refractivity (Wildman–Crippen MR) is 79.4 cm³/mol. The number of halogens is 1. The van der Waals surface area contributed by atoms with Gasteiger partial charge < -0.3 is 5.32 Å². The molecule has 0 radical (unpaired) electrons. The highest BCUT2D eigenvalue weighted by atomic mass is 35.5. The Morgan fingerprint density at radius 3 is 2.58 bits per heavy atom. The second-order valence-electron chi connectivity index (χ2n) is 4.99. The van der Waals surface area contributed by atoms with E-state index >= 15 is 0 Å². The van der Waals surface area contributed by atoms with Crippen LogP contribution >= 0.6 is 12.4 Å². The molecule has 19 heavy (non-hydrogen) atoms. The van der Waals surface area contributed by atoms with E-state index < -0.39 is 10.0 Å². The molecular formula is C13H21ClN2O2S. The van der Waals surface area contributed by atoms with Crippen LogP contribution in [0.4, 0.5) is 0 Å². The maximum Gasteiger partial charge on any atom is 0.243 e. The summed E-state index contributed by atoms with van der Waals surface area (Å²) in [6.07, 6.45) is 0. The van der Waals surface area contributed by atoms with Crippen molar-refractivity contribution < 1.29 is 8.42 Å². The van der Waals surface area contributed by atoms with Gasteiger partial charge in [0.2, 0.25) is 10.0 Å². The SMILES string of the molecule is Cc1ccc(S(=O)(=O)N2CCNC(C)C2)c(C)c1.Cl. The summed E-state index contributed by atoms with van der Waals surface area (Å²) in [7, 11) is -3.35. The fourth-order valence-corrected chi connectivity index (χ4v) is 4.08. The van der Waals surface area contributed by atoms with Crippen molar-refractivity contribution in [3.63, 3.8) is 0 Å². The summed E-state index contributed by atoms with van der Waals surface area (Å²) in [6.45, 7) is 7.62. The number of nitrogens with one attached hydrogen (secondary N) is 1. The van der Waals surface area contributed by atoms with Crippen LogP contribution in [-0.4, -0.2) is 38.4 Å². The molecular weight excluding hydrogens is 284 g/mol. The lowest BCUT2D eigenvalue weighted by atomic mass is 10.2. The van der Waals surface area contributed by atoms with Gasteiger partial charge >= 0.3 is 0 Å². The molecule has 0 saturated carbocycles. The lowest BCUT2D eigenvalue weighted by molar-refractivity contribution is 0.310. The largest absolute Gasteiger partial charge is 0.312 e. The maximum absolute atomic E-state index is 12.6. The Balaban J connectivity index is 0.00000180. The van der Waals surface area contributed by atoms with Gasteiger partial charge in [0.1, 0.15) is 0 Å². The quantitative estimate of drug-likeness (QED) is 0.905. The lowest BCUT2D eigenvalue weighted by Gasteiger charge is -2.31. The molecule has 1 fully saturated rings. The molecule has 1 aromatic carbocycles. The molecule has 0 aromatic heterocycles. The third kappa shape index (κ3) is 3.48. The molecule has 6 heteroatoms. The third-order valence-corrected chi connectivity index (χ3v) is 5.31. The number of benzene rings is 1. The molecule has 1 atom stereocenters. The van der Waals surface area contributed by atoms with Crippen molar-refractivity contribution in [2.24, 2.45) is 0 Å². The second kappa shape index (κ2) is 6.22. The van der Waals surface area contributed by atoms with Crippen LogP contribution in [0.1, 0.15) is 18.1 Å². The molecule has 0 aliphatic carbocycles. The molecule has 1 unspecified atom stereocenters. The first-order chi connectivity index (χ1) is 8.41. The highest BCUT2D eigenvalue weighted by Gasteiger charge is 2.29. The van der Waals surface area contributed by atoms with E-state index in [1.165, 1.54) is 0 Å². The summed E-state index contributed by atoms with van der Waals surface area (Å²) >= 11 is 0. The van der Waals surface area contributed by atoms with Gasteiger partial charge in [0, 0.05) is 25.7 Å². The normalized spacial score (nSPS) is 20.9. The van der Waals surface area contributed by atoms with Gasteiger partial charge in [0.15, 0.2) is 0 Å². The summed E-state index contributed by atoms with van der Waals surface area (Å²) in [6, 6.07) is 5.69. The number of nitrogens with zero attached hydrogens (tertiary/aromatic N) is 1. The Labute approximate surface area is 121 Å². The molecule has 1 aliphatic heterocycles. The van der Waals surface area contributed by atoms with Crippen molar-refractivity contribution in [1.82, 2.24) is 9.62 Å². The standard InChI is InChI=1S/C13H20N2O2S.ClH/c1-10-4-5-13(11(2)8-10)18(16,17)15-7-6-14-12(3)9-15;/h4-5,8,12,14H,6-7,9H2,1-3H3;1H. The van der Waals surface area contributed by atoms with Crippen molar-refractivity contribution in [1.29, 1.82) is 0 Å². The average molecular weight is 305 g/mol. The van der Waals surface area contributed by atoms with Crippen molar-refractivity contribution in [3.05, 3.63) is 29.3 Å². The van der Waals surface area contributed by atoms with Gasteiger partial charge in [-0.15, -0.1) is 12.4 Å². The van der Waals surface area contributed by atoms with Gasteiger partial charge in [-0.05, 0) is 32.4 Å². The van der Waals surface area contributed by atoms with E-state index in [9.17, 15) is 8.42 Å². The monoisotopic (exact) mass is 304 g/mol. The van der Waals surface area contributed by atoms with Crippen LogP contribution in [0.15, 0.2) is 23.1 Å². The summed E-state index contributed by atoms with van der Waals surface area (Å²) in [4.78, 5) is 0.433. The van der Waals surface area contributed by atoms with E-state index in [2.05, 4.69) is 5.32 Å². The smallest absolute Gasteiger partial charge is 0.243 e. The first-order valence-corrected chi connectivity index (χ1v) is 7.66. The summed E-state index contributed by atoms with van der Waals surface area (Å²) in [5, 5.41) is 3.25. The maximum atomic E-state index is 12.6. The van der Waals surface area contributed by atoms with Gasteiger partial charge in [-0.2, -0.15) is 4.31 Å². The van der Waals surface area contributed by atoms with Crippen molar-refractivity contribution in [2.75, 3.05) is 19.6 Å². The zero-order valence-corrected chi connectivity index (χ0v) is 13.1. The van der Waals surface area contributed by atoms with Gasteiger partial charge in [-0.1, -0.05) is 17.7 Å². The minimum atomic E-state index is -3.35. The van der Waals surface area contributed by atoms with E-state index in [-0.39, 0.29) is 18.4 Å². The van der Waals surface area contributed by atoms with Crippen LogP contribution in [0.25, 0.3) is 0 Å². The zero-order valence-electron chi connectivity index (χ0n) is 11.5. The molecule has 2 rings (SSSR count). The molecule has 1 aromatic rings. The fraction of sp³-hybridized carbons (Fsp3) is 0.538. The molecule has 1 heterocycles. The Hall–Kier alpha value is -0.620. The van der Waals surface area contributed by atoms with Crippen LogP contribution in [0, 0.1) is 13.8 Å². The van der Waals surface area contributed by atoms with Crippen molar-refractivity contribution >= 4 is 22.4 Å². The van der Waals surface area contributed by atoms with E-state index in [0.29, 0.717) is 24.5 Å². The number of sulfonamides is 1. The topological polar surface area (TPSA) is 49.4 Å². The van der Waals surface area contributed by atoms with Crippen LogP contribution in [0.5, 0.6) is 0 Å². The fourth-order valence-electron chi connectivity index (χ4n) is 2.34. The summed E-state index contributed by atoms with van der Waals surface area (Å²) < 4.78 is 26.7. The Kier molecular flexibility index (Phi) is 5.38. The van der Waals surface area contributed by atoms with E-state index in [0.717, 1.165) is 11.1 Å². The molecule has 1 saturated heterocycles. The molecule has 0 amide bonds. The van der Waals surface area contributed by atoms with E-state index in [1.807, 2.05) is 32.9 Å². The molecule has 4 nitrogen and oxygen atoms in total. The molecule has 108 valence electrons. The Morgan fingerprint density at radius 2 is 2.00 bits per heavy atom. The number of rotatable bonds is 2.